The van der Waals surface area contributed by atoms with Crippen LogP contribution in [0.25, 0.3) is 0 Å². The van der Waals surface area contributed by atoms with Gasteiger partial charge in [-0.05, 0) is 19.8 Å². The first-order valence-corrected chi connectivity index (χ1v) is 5.64. The zero-order valence-corrected chi connectivity index (χ0v) is 9.94. The van der Waals surface area contributed by atoms with Gasteiger partial charge in [-0.1, -0.05) is 13.0 Å². The first-order valence-electron chi connectivity index (χ1n) is 5.64. The van der Waals surface area contributed by atoms with Crippen molar-refractivity contribution in [1.29, 1.82) is 0 Å². The molecule has 16 heavy (non-hydrogen) atoms. The van der Waals surface area contributed by atoms with Crippen molar-refractivity contribution in [3.8, 4) is 0 Å². The number of aromatic nitrogens is 2. The molecule has 0 bridgehead atoms. The van der Waals surface area contributed by atoms with E-state index in [4.69, 9.17) is 0 Å². The van der Waals surface area contributed by atoms with Crippen LogP contribution in [0.4, 0.5) is 0 Å². The van der Waals surface area contributed by atoms with Crippen LogP contribution in [0, 0.1) is 0 Å². The van der Waals surface area contributed by atoms with Gasteiger partial charge in [0.05, 0.1) is 6.33 Å². The first-order chi connectivity index (χ1) is 7.74. The maximum absolute atomic E-state index is 11.5. The summed E-state index contributed by atoms with van der Waals surface area (Å²) in [5.74, 6) is 0.0347. The standard InChI is InChI=1S/C12H19N3O/c1-3-5-11(2)12(16)14-6-4-8-15-9-7-13-10-15/h5,7,9-10H,3-4,6,8H2,1-2H3,(H,14,16). The molecule has 0 saturated heterocycles. The van der Waals surface area contributed by atoms with Crippen LogP contribution in [-0.4, -0.2) is 22.0 Å². The number of nitrogens with one attached hydrogen (secondary N) is 1. The summed E-state index contributed by atoms with van der Waals surface area (Å²) in [6.07, 6.45) is 9.21. The Morgan fingerprint density at radius 2 is 2.38 bits per heavy atom. The zero-order chi connectivity index (χ0) is 11.8. The van der Waals surface area contributed by atoms with Crippen molar-refractivity contribution < 1.29 is 4.79 Å². The number of carbonyl (C=O) groups is 1. The SMILES string of the molecule is CCC=C(C)C(=O)NCCCn1ccnc1. The molecule has 0 aliphatic carbocycles. The molecule has 0 aromatic carbocycles. The van der Waals surface area contributed by atoms with Gasteiger partial charge in [0, 0.05) is 31.1 Å². The average molecular weight is 221 g/mol. The Morgan fingerprint density at radius 3 is 3.00 bits per heavy atom. The first kappa shape index (κ1) is 12.5. The molecular weight excluding hydrogens is 202 g/mol. The van der Waals surface area contributed by atoms with E-state index in [0.717, 1.165) is 25.0 Å². The molecule has 0 fully saturated rings. The van der Waals surface area contributed by atoms with Crippen LogP contribution >= 0.6 is 0 Å². The number of carbonyl (C=O) groups excluding carboxylic acids is 1. The molecule has 1 rings (SSSR count). The Morgan fingerprint density at radius 1 is 1.56 bits per heavy atom. The zero-order valence-electron chi connectivity index (χ0n) is 9.94. The van der Waals surface area contributed by atoms with E-state index in [2.05, 4.69) is 10.3 Å². The number of rotatable bonds is 6. The molecule has 4 heteroatoms. The maximum atomic E-state index is 11.5. The van der Waals surface area contributed by atoms with Crippen LogP contribution in [0.1, 0.15) is 26.7 Å². The smallest absolute Gasteiger partial charge is 0.246 e. The van der Waals surface area contributed by atoms with Gasteiger partial charge in [-0.2, -0.15) is 0 Å². The molecule has 0 aliphatic heterocycles. The molecular formula is C12H19N3O. The Labute approximate surface area is 96.4 Å². The van der Waals surface area contributed by atoms with E-state index in [0.29, 0.717) is 6.54 Å². The van der Waals surface area contributed by atoms with Gasteiger partial charge in [0.15, 0.2) is 0 Å². The Kier molecular flexibility index (Phi) is 5.32. The van der Waals surface area contributed by atoms with E-state index in [1.165, 1.54) is 0 Å². The second kappa shape index (κ2) is 6.82. The minimum atomic E-state index is 0.0347. The van der Waals surface area contributed by atoms with Crippen molar-refractivity contribution in [1.82, 2.24) is 14.9 Å². The number of allylic oxidation sites excluding steroid dienone is 1. The Balaban J connectivity index is 2.16. The molecule has 1 amide bonds. The van der Waals surface area contributed by atoms with Gasteiger partial charge < -0.3 is 9.88 Å². The molecule has 1 heterocycles. The van der Waals surface area contributed by atoms with E-state index in [1.807, 2.05) is 30.7 Å². The van der Waals surface area contributed by atoms with Gasteiger partial charge in [-0.15, -0.1) is 0 Å². The third kappa shape index (κ3) is 4.29. The predicted octanol–water partition coefficient (Wildman–Crippen LogP) is 1.75. The van der Waals surface area contributed by atoms with E-state index >= 15 is 0 Å². The highest BCUT2D eigenvalue weighted by atomic mass is 16.1. The molecule has 1 aromatic rings. The highest BCUT2D eigenvalue weighted by Gasteiger charge is 2.01. The van der Waals surface area contributed by atoms with E-state index in [1.54, 1.807) is 12.5 Å². The largest absolute Gasteiger partial charge is 0.352 e. The minimum absolute atomic E-state index is 0.0347. The molecule has 0 aliphatic rings. The summed E-state index contributed by atoms with van der Waals surface area (Å²) in [6, 6.07) is 0. The summed E-state index contributed by atoms with van der Waals surface area (Å²) < 4.78 is 2.00. The predicted molar refractivity (Wildman–Crippen MR) is 63.9 cm³/mol. The highest BCUT2D eigenvalue weighted by Crippen LogP contribution is 1.95. The molecule has 88 valence electrons. The fourth-order valence-electron chi connectivity index (χ4n) is 1.42. The number of hydrogen-bond donors (Lipinski definition) is 1. The monoisotopic (exact) mass is 221 g/mol. The van der Waals surface area contributed by atoms with Crippen LogP contribution in [0.3, 0.4) is 0 Å². The van der Waals surface area contributed by atoms with Crippen LogP contribution in [0.2, 0.25) is 0 Å². The summed E-state index contributed by atoms with van der Waals surface area (Å²) in [4.78, 5) is 15.5. The van der Waals surface area contributed by atoms with Gasteiger partial charge in [-0.25, -0.2) is 4.98 Å². The van der Waals surface area contributed by atoms with Gasteiger partial charge >= 0.3 is 0 Å². The molecule has 0 spiro atoms. The lowest BCUT2D eigenvalue weighted by Gasteiger charge is -2.05. The molecule has 1 N–H and O–H groups in total. The fourth-order valence-corrected chi connectivity index (χ4v) is 1.42. The van der Waals surface area contributed by atoms with Crippen molar-refractivity contribution in [2.45, 2.75) is 33.2 Å². The van der Waals surface area contributed by atoms with E-state index in [-0.39, 0.29) is 5.91 Å². The fraction of sp³-hybridized carbons (Fsp3) is 0.500. The van der Waals surface area contributed by atoms with E-state index in [9.17, 15) is 4.79 Å². The lowest BCUT2D eigenvalue weighted by Crippen LogP contribution is -2.25. The highest BCUT2D eigenvalue weighted by molar-refractivity contribution is 5.92. The number of aryl methyl sites for hydroxylation is 1. The van der Waals surface area contributed by atoms with Crippen molar-refractivity contribution in [2.75, 3.05) is 6.54 Å². The summed E-state index contributed by atoms with van der Waals surface area (Å²) in [5.41, 5.74) is 0.796. The van der Waals surface area contributed by atoms with Crippen LogP contribution in [0.15, 0.2) is 30.4 Å². The second-order valence-corrected chi connectivity index (χ2v) is 3.71. The van der Waals surface area contributed by atoms with Crippen molar-refractivity contribution in [2.24, 2.45) is 0 Å². The molecule has 0 saturated carbocycles. The number of imidazole rings is 1. The van der Waals surface area contributed by atoms with Gasteiger partial charge in [0.2, 0.25) is 5.91 Å². The van der Waals surface area contributed by atoms with Gasteiger partial charge in [0.1, 0.15) is 0 Å². The summed E-state index contributed by atoms with van der Waals surface area (Å²) in [6.45, 7) is 5.45. The lowest BCUT2D eigenvalue weighted by molar-refractivity contribution is -0.117. The van der Waals surface area contributed by atoms with Crippen molar-refractivity contribution in [3.05, 3.63) is 30.4 Å². The van der Waals surface area contributed by atoms with Crippen LogP contribution < -0.4 is 5.32 Å². The third-order valence-corrected chi connectivity index (χ3v) is 2.31. The third-order valence-electron chi connectivity index (χ3n) is 2.31. The summed E-state index contributed by atoms with van der Waals surface area (Å²) in [7, 11) is 0. The Bertz CT molecular complexity index is 341. The van der Waals surface area contributed by atoms with Gasteiger partial charge in [0.25, 0.3) is 0 Å². The molecule has 4 nitrogen and oxygen atoms in total. The van der Waals surface area contributed by atoms with Crippen LogP contribution in [0.5, 0.6) is 0 Å². The lowest BCUT2D eigenvalue weighted by atomic mass is 10.2. The molecule has 1 aromatic heterocycles. The molecule has 0 unspecified atom stereocenters. The number of hydrogen-bond acceptors (Lipinski definition) is 2. The maximum Gasteiger partial charge on any atom is 0.246 e. The number of nitrogens with zero attached hydrogens (tertiary/aromatic N) is 2. The molecule has 0 atom stereocenters. The molecule has 0 radical (unpaired) electrons. The van der Waals surface area contributed by atoms with Crippen molar-refractivity contribution >= 4 is 5.91 Å². The topological polar surface area (TPSA) is 46.9 Å². The normalized spacial score (nSPS) is 11.5. The number of amides is 1. The quantitative estimate of drug-likeness (QED) is 0.587. The minimum Gasteiger partial charge on any atom is -0.352 e. The van der Waals surface area contributed by atoms with Crippen molar-refractivity contribution in [3.63, 3.8) is 0 Å². The second-order valence-electron chi connectivity index (χ2n) is 3.71. The van der Waals surface area contributed by atoms with E-state index < -0.39 is 0 Å². The summed E-state index contributed by atoms with van der Waals surface area (Å²) in [5, 5.41) is 2.89. The Hall–Kier alpha value is -1.58. The van der Waals surface area contributed by atoms with Crippen LogP contribution in [-0.2, 0) is 11.3 Å². The van der Waals surface area contributed by atoms with Gasteiger partial charge in [-0.3, -0.25) is 4.79 Å². The average Bonchev–Trinajstić information content (AvgIpc) is 2.77. The summed E-state index contributed by atoms with van der Waals surface area (Å²) >= 11 is 0.